The van der Waals surface area contributed by atoms with E-state index in [1.54, 1.807) is 21.3 Å². The molecule has 2 rings (SSSR count). The van der Waals surface area contributed by atoms with Gasteiger partial charge in [0.15, 0.2) is 5.96 Å². The van der Waals surface area contributed by atoms with E-state index in [0.717, 1.165) is 36.8 Å². The predicted octanol–water partition coefficient (Wildman–Crippen LogP) is 3.06. The fraction of sp³-hybridized carbons (Fsp3) is 0.381. The zero-order valence-electron chi connectivity index (χ0n) is 16.1. The van der Waals surface area contributed by atoms with E-state index in [-0.39, 0.29) is 0 Å². The monoisotopic (exact) mass is 355 g/mol. The molecule has 0 amide bonds. The van der Waals surface area contributed by atoms with E-state index >= 15 is 0 Å². The number of benzene rings is 2. The normalized spacial score (nSPS) is 11.3. The molecule has 2 aromatic rings. The maximum Gasteiger partial charge on any atom is 0.191 e. The van der Waals surface area contributed by atoms with Gasteiger partial charge in [-0.05, 0) is 41.7 Å². The molecule has 0 aliphatic carbocycles. The first kappa shape index (κ1) is 19.8. The van der Waals surface area contributed by atoms with Gasteiger partial charge in [0.1, 0.15) is 5.75 Å². The van der Waals surface area contributed by atoms with Gasteiger partial charge in [-0.2, -0.15) is 0 Å². The highest BCUT2D eigenvalue weighted by atomic mass is 16.5. The molecule has 0 saturated heterocycles. The lowest BCUT2D eigenvalue weighted by Crippen LogP contribution is -2.37. The Morgan fingerprint density at radius 1 is 0.962 bits per heavy atom. The van der Waals surface area contributed by atoms with Crippen molar-refractivity contribution in [1.29, 1.82) is 0 Å². The zero-order chi connectivity index (χ0) is 18.8. The van der Waals surface area contributed by atoms with Crippen LogP contribution in [0.3, 0.4) is 0 Å². The van der Waals surface area contributed by atoms with Gasteiger partial charge in [-0.25, -0.2) is 0 Å². The van der Waals surface area contributed by atoms with Crippen LogP contribution in [-0.4, -0.2) is 33.8 Å². The molecule has 5 nitrogen and oxygen atoms in total. The molecule has 0 atom stereocenters. The molecule has 0 aliphatic heterocycles. The van der Waals surface area contributed by atoms with Crippen molar-refractivity contribution < 1.29 is 9.47 Å². The van der Waals surface area contributed by atoms with Crippen molar-refractivity contribution in [2.45, 2.75) is 26.5 Å². The fourth-order valence-electron chi connectivity index (χ4n) is 2.67. The minimum Gasteiger partial charge on any atom is -0.496 e. The van der Waals surface area contributed by atoms with Crippen molar-refractivity contribution in [3.63, 3.8) is 0 Å². The van der Waals surface area contributed by atoms with E-state index < -0.39 is 0 Å². The van der Waals surface area contributed by atoms with Crippen LogP contribution in [0, 0.1) is 6.92 Å². The number of aryl methyl sites for hydroxylation is 1. The van der Waals surface area contributed by atoms with Gasteiger partial charge in [0.05, 0.1) is 13.7 Å². The van der Waals surface area contributed by atoms with Gasteiger partial charge in [-0.15, -0.1) is 0 Å². The maximum absolute atomic E-state index is 5.38. The number of nitrogens with zero attached hydrogens (tertiary/aromatic N) is 1. The number of ether oxygens (including phenoxy) is 2. The van der Waals surface area contributed by atoms with Crippen LogP contribution in [0.2, 0.25) is 0 Å². The van der Waals surface area contributed by atoms with Crippen LogP contribution in [0.1, 0.15) is 22.3 Å². The van der Waals surface area contributed by atoms with Gasteiger partial charge in [0.2, 0.25) is 0 Å². The summed E-state index contributed by atoms with van der Waals surface area (Å²) in [6, 6.07) is 14.7. The van der Waals surface area contributed by atoms with Gasteiger partial charge in [0.25, 0.3) is 0 Å². The van der Waals surface area contributed by atoms with Crippen molar-refractivity contribution in [2.24, 2.45) is 4.99 Å². The smallest absolute Gasteiger partial charge is 0.191 e. The van der Waals surface area contributed by atoms with E-state index in [9.17, 15) is 0 Å². The van der Waals surface area contributed by atoms with Gasteiger partial charge < -0.3 is 20.1 Å². The van der Waals surface area contributed by atoms with Crippen molar-refractivity contribution in [3.05, 3.63) is 64.7 Å². The first-order valence-corrected chi connectivity index (χ1v) is 8.81. The molecule has 0 spiro atoms. The molecule has 2 N–H and O–H groups in total. The summed E-state index contributed by atoms with van der Waals surface area (Å²) in [5.41, 5.74) is 4.77. The molecule has 0 bridgehead atoms. The highest BCUT2D eigenvalue weighted by molar-refractivity contribution is 5.79. The summed E-state index contributed by atoms with van der Waals surface area (Å²) in [5, 5.41) is 6.69. The van der Waals surface area contributed by atoms with Gasteiger partial charge in [-0.1, -0.05) is 36.4 Å². The molecule has 2 aromatic carbocycles. The molecule has 26 heavy (non-hydrogen) atoms. The number of rotatable bonds is 8. The molecule has 140 valence electrons. The zero-order valence-corrected chi connectivity index (χ0v) is 16.1. The first-order valence-electron chi connectivity index (χ1n) is 8.81. The molecule has 0 aromatic heterocycles. The summed E-state index contributed by atoms with van der Waals surface area (Å²) in [6.07, 6.45) is 0.906. The standard InChI is InChI=1S/C21H29N3O2/c1-16-5-6-17(13-20(16)26-4)11-12-23-21(22-2)24-14-18-7-9-19(10-8-18)15-25-3/h5-10,13H,11-12,14-15H2,1-4H3,(H2,22,23,24). The Labute approximate surface area is 156 Å². The Kier molecular flexibility index (Phi) is 7.96. The molecule has 0 aliphatic rings. The van der Waals surface area contributed by atoms with E-state index in [4.69, 9.17) is 9.47 Å². The number of nitrogens with one attached hydrogen (secondary N) is 2. The second kappa shape index (κ2) is 10.5. The number of hydrogen-bond donors (Lipinski definition) is 2. The summed E-state index contributed by atoms with van der Waals surface area (Å²) in [7, 11) is 5.20. The topological polar surface area (TPSA) is 54.9 Å². The van der Waals surface area contributed by atoms with Crippen LogP contribution >= 0.6 is 0 Å². The molecular formula is C21H29N3O2. The maximum atomic E-state index is 5.38. The molecule has 0 unspecified atom stereocenters. The second-order valence-electron chi connectivity index (χ2n) is 6.16. The molecule has 0 radical (unpaired) electrons. The summed E-state index contributed by atoms with van der Waals surface area (Å²) >= 11 is 0. The second-order valence-corrected chi connectivity index (χ2v) is 6.16. The third-order valence-electron chi connectivity index (χ3n) is 4.20. The minimum absolute atomic E-state index is 0.640. The average Bonchev–Trinajstić information content (AvgIpc) is 2.67. The largest absolute Gasteiger partial charge is 0.496 e. The summed E-state index contributed by atoms with van der Waals surface area (Å²) in [4.78, 5) is 4.28. The Morgan fingerprint density at radius 3 is 2.31 bits per heavy atom. The first-order chi connectivity index (χ1) is 12.7. The lowest BCUT2D eigenvalue weighted by atomic mass is 10.1. The molecule has 0 saturated carbocycles. The molecule has 0 fully saturated rings. The average molecular weight is 355 g/mol. The highest BCUT2D eigenvalue weighted by Crippen LogP contribution is 2.18. The lowest BCUT2D eigenvalue weighted by Gasteiger charge is -2.13. The van der Waals surface area contributed by atoms with Crippen LogP contribution in [-0.2, 0) is 24.3 Å². The number of hydrogen-bond acceptors (Lipinski definition) is 3. The quantitative estimate of drug-likeness (QED) is 0.564. The van der Waals surface area contributed by atoms with Crippen LogP contribution in [0.4, 0.5) is 0 Å². The Hall–Kier alpha value is -2.53. The van der Waals surface area contributed by atoms with Gasteiger partial charge in [0, 0.05) is 27.2 Å². The van der Waals surface area contributed by atoms with Crippen LogP contribution in [0.25, 0.3) is 0 Å². The lowest BCUT2D eigenvalue weighted by molar-refractivity contribution is 0.185. The number of aliphatic imine (C=N–C) groups is 1. The van der Waals surface area contributed by atoms with Crippen LogP contribution < -0.4 is 15.4 Å². The molecular weight excluding hydrogens is 326 g/mol. The van der Waals surface area contributed by atoms with Crippen molar-refractivity contribution in [2.75, 3.05) is 27.8 Å². The SMILES string of the molecule is CN=C(NCCc1ccc(C)c(OC)c1)NCc1ccc(COC)cc1. The Morgan fingerprint density at radius 2 is 1.65 bits per heavy atom. The summed E-state index contributed by atoms with van der Waals surface area (Å²) < 4.78 is 10.5. The number of methoxy groups -OCH3 is 2. The summed E-state index contributed by atoms with van der Waals surface area (Å²) in [5.74, 6) is 1.73. The van der Waals surface area contributed by atoms with E-state index in [2.05, 4.69) is 65.0 Å². The van der Waals surface area contributed by atoms with E-state index in [1.165, 1.54) is 16.7 Å². The van der Waals surface area contributed by atoms with E-state index in [1.807, 2.05) is 0 Å². The fourth-order valence-corrected chi connectivity index (χ4v) is 2.67. The number of guanidine groups is 1. The third-order valence-corrected chi connectivity index (χ3v) is 4.20. The van der Waals surface area contributed by atoms with Crippen LogP contribution in [0.5, 0.6) is 5.75 Å². The van der Waals surface area contributed by atoms with Crippen molar-refractivity contribution in [1.82, 2.24) is 10.6 Å². The minimum atomic E-state index is 0.640. The predicted molar refractivity (Wildman–Crippen MR) is 107 cm³/mol. The molecule has 5 heteroatoms. The highest BCUT2D eigenvalue weighted by Gasteiger charge is 2.02. The van der Waals surface area contributed by atoms with Crippen molar-refractivity contribution >= 4 is 5.96 Å². The van der Waals surface area contributed by atoms with Crippen LogP contribution in [0.15, 0.2) is 47.5 Å². The van der Waals surface area contributed by atoms with Crippen molar-refractivity contribution in [3.8, 4) is 5.75 Å². The Balaban J connectivity index is 1.78. The molecule has 0 heterocycles. The summed E-state index contributed by atoms with van der Waals surface area (Å²) in [6.45, 7) is 4.22. The van der Waals surface area contributed by atoms with E-state index in [0.29, 0.717) is 6.61 Å². The Bertz CT molecular complexity index is 712. The van der Waals surface area contributed by atoms with Gasteiger partial charge >= 0.3 is 0 Å². The third kappa shape index (κ3) is 6.08. The van der Waals surface area contributed by atoms with Gasteiger partial charge in [-0.3, -0.25) is 4.99 Å².